The molecule has 2 N–H and O–H groups in total. The summed E-state index contributed by atoms with van der Waals surface area (Å²) in [6.07, 6.45) is 5.02. The number of amides is 1. The van der Waals surface area contributed by atoms with Gasteiger partial charge in [0.1, 0.15) is 5.82 Å². The molecular weight excluding hydrogens is 252 g/mol. The van der Waals surface area contributed by atoms with Gasteiger partial charge >= 0.3 is 0 Å². The summed E-state index contributed by atoms with van der Waals surface area (Å²) in [6, 6.07) is 0. The van der Waals surface area contributed by atoms with Crippen LogP contribution in [0, 0.1) is 11.8 Å². The number of carbonyl (C=O) groups excluding carboxylic acids is 1. The van der Waals surface area contributed by atoms with E-state index in [0.717, 1.165) is 18.3 Å². The molecule has 112 valence electrons. The standard InChI is InChI=1S/C15H26N4O/c1-10-6-5-7-11(8-10)9-16-13(20)12-17-14(19-18-12)15(2,3)4/h10-11H,5-9H2,1-4H3,(H,16,20)(H,17,18,19). The molecule has 0 aromatic carbocycles. The zero-order valence-electron chi connectivity index (χ0n) is 13.0. The Bertz CT molecular complexity index is 461. The van der Waals surface area contributed by atoms with Gasteiger partial charge in [0.15, 0.2) is 0 Å². The lowest BCUT2D eigenvalue weighted by atomic mass is 9.82. The maximum absolute atomic E-state index is 12.1. The fourth-order valence-electron chi connectivity index (χ4n) is 2.76. The van der Waals surface area contributed by atoms with Crippen LogP contribution in [0.3, 0.4) is 0 Å². The van der Waals surface area contributed by atoms with Gasteiger partial charge in [0.2, 0.25) is 5.82 Å². The monoisotopic (exact) mass is 278 g/mol. The van der Waals surface area contributed by atoms with Crippen molar-refractivity contribution in [2.45, 2.75) is 58.8 Å². The smallest absolute Gasteiger partial charge is 0.290 e. The second-order valence-electron chi connectivity index (χ2n) is 7.11. The van der Waals surface area contributed by atoms with E-state index in [2.05, 4.69) is 27.4 Å². The van der Waals surface area contributed by atoms with Crippen LogP contribution in [-0.4, -0.2) is 27.6 Å². The largest absolute Gasteiger partial charge is 0.349 e. The second-order valence-corrected chi connectivity index (χ2v) is 7.11. The predicted molar refractivity (Wildman–Crippen MR) is 78.5 cm³/mol. The first-order valence-corrected chi connectivity index (χ1v) is 7.57. The molecular formula is C15H26N4O. The Morgan fingerprint density at radius 2 is 2.15 bits per heavy atom. The van der Waals surface area contributed by atoms with Crippen molar-refractivity contribution in [3.63, 3.8) is 0 Å². The molecule has 2 atom stereocenters. The maximum atomic E-state index is 12.1. The van der Waals surface area contributed by atoms with Crippen LogP contribution in [0.1, 0.15) is 69.8 Å². The normalized spacial score (nSPS) is 23.6. The fraction of sp³-hybridized carbons (Fsp3) is 0.800. The highest BCUT2D eigenvalue weighted by Crippen LogP contribution is 2.27. The predicted octanol–water partition coefficient (Wildman–Crippen LogP) is 2.66. The molecule has 1 aromatic heterocycles. The molecule has 5 nitrogen and oxygen atoms in total. The number of H-pyrrole nitrogens is 1. The first-order chi connectivity index (χ1) is 9.36. The summed E-state index contributed by atoms with van der Waals surface area (Å²) in [4.78, 5) is 16.3. The molecule has 0 spiro atoms. The first-order valence-electron chi connectivity index (χ1n) is 7.57. The molecule has 1 fully saturated rings. The molecule has 0 radical (unpaired) electrons. The molecule has 1 aliphatic rings. The lowest BCUT2D eigenvalue weighted by molar-refractivity contribution is 0.0930. The van der Waals surface area contributed by atoms with Gasteiger partial charge in [-0.15, -0.1) is 5.10 Å². The molecule has 1 aliphatic carbocycles. The molecule has 1 heterocycles. The number of carbonyl (C=O) groups is 1. The van der Waals surface area contributed by atoms with Crippen molar-refractivity contribution in [3.8, 4) is 0 Å². The van der Waals surface area contributed by atoms with Gasteiger partial charge in [0.05, 0.1) is 0 Å². The third-order valence-corrected chi connectivity index (χ3v) is 4.00. The third kappa shape index (κ3) is 3.81. The van der Waals surface area contributed by atoms with E-state index in [4.69, 9.17) is 0 Å². The van der Waals surface area contributed by atoms with Crippen molar-refractivity contribution in [2.24, 2.45) is 11.8 Å². The SMILES string of the molecule is CC1CCCC(CNC(=O)c2n[nH]c(C(C)(C)C)n2)C1. The number of nitrogens with one attached hydrogen (secondary N) is 2. The van der Waals surface area contributed by atoms with E-state index in [1.165, 1.54) is 25.7 Å². The van der Waals surface area contributed by atoms with Crippen LogP contribution in [0.2, 0.25) is 0 Å². The molecule has 1 saturated carbocycles. The molecule has 2 rings (SSSR count). The lowest BCUT2D eigenvalue weighted by Crippen LogP contribution is -2.32. The van der Waals surface area contributed by atoms with E-state index < -0.39 is 0 Å². The summed E-state index contributed by atoms with van der Waals surface area (Å²) >= 11 is 0. The van der Waals surface area contributed by atoms with Crippen LogP contribution in [0.25, 0.3) is 0 Å². The molecule has 0 saturated heterocycles. The highest BCUT2D eigenvalue weighted by atomic mass is 16.2. The maximum Gasteiger partial charge on any atom is 0.290 e. The highest BCUT2D eigenvalue weighted by molar-refractivity contribution is 5.90. The summed E-state index contributed by atoms with van der Waals surface area (Å²) in [6.45, 7) is 9.15. The van der Waals surface area contributed by atoms with E-state index >= 15 is 0 Å². The van der Waals surface area contributed by atoms with Crippen molar-refractivity contribution in [1.82, 2.24) is 20.5 Å². The summed E-state index contributed by atoms with van der Waals surface area (Å²) < 4.78 is 0. The van der Waals surface area contributed by atoms with Crippen molar-refractivity contribution < 1.29 is 4.79 Å². The van der Waals surface area contributed by atoms with Gasteiger partial charge in [0, 0.05) is 12.0 Å². The average Bonchev–Trinajstić information content (AvgIpc) is 2.85. The minimum absolute atomic E-state index is 0.121. The van der Waals surface area contributed by atoms with Crippen LogP contribution in [0.4, 0.5) is 0 Å². The van der Waals surface area contributed by atoms with Crippen molar-refractivity contribution in [2.75, 3.05) is 6.54 Å². The zero-order chi connectivity index (χ0) is 14.8. The molecule has 1 aromatic rings. The summed E-state index contributed by atoms with van der Waals surface area (Å²) in [5, 5.41) is 9.83. The van der Waals surface area contributed by atoms with Gasteiger partial charge in [-0.2, -0.15) is 0 Å². The fourth-order valence-corrected chi connectivity index (χ4v) is 2.76. The van der Waals surface area contributed by atoms with Gasteiger partial charge < -0.3 is 5.32 Å². The summed E-state index contributed by atoms with van der Waals surface area (Å²) in [5.41, 5.74) is -0.121. The Balaban J connectivity index is 1.87. The van der Waals surface area contributed by atoms with Crippen LogP contribution in [0.5, 0.6) is 0 Å². The van der Waals surface area contributed by atoms with Crippen LogP contribution in [0.15, 0.2) is 0 Å². The van der Waals surface area contributed by atoms with Gasteiger partial charge in [-0.3, -0.25) is 9.89 Å². The number of hydrogen-bond donors (Lipinski definition) is 2. The second kappa shape index (κ2) is 5.94. The van der Waals surface area contributed by atoms with Crippen LogP contribution in [-0.2, 0) is 5.41 Å². The van der Waals surface area contributed by atoms with E-state index in [9.17, 15) is 4.79 Å². The average molecular weight is 278 g/mol. The van der Waals surface area contributed by atoms with E-state index in [0.29, 0.717) is 5.92 Å². The van der Waals surface area contributed by atoms with Gasteiger partial charge in [-0.1, -0.05) is 40.5 Å². The quantitative estimate of drug-likeness (QED) is 0.893. The van der Waals surface area contributed by atoms with Gasteiger partial charge in [0.25, 0.3) is 5.91 Å². The Morgan fingerprint density at radius 1 is 1.40 bits per heavy atom. The molecule has 20 heavy (non-hydrogen) atoms. The molecule has 0 bridgehead atoms. The lowest BCUT2D eigenvalue weighted by Gasteiger charge is -2.26. The molecule has 1 amide bonds. The minimum Gasteiger partial charge on any atom is -0.349 e. The van der Waals surface area contributed by atoms with Crippen LogP contribution < -0.4 is 5.32 Å². The van der Waals surface area contributed by atoms with Gasteiger partial charge in [-0.25, -0.2) is 4.98 Å². The number of hydrogen-bond acceptors (Lipinski definition) is 3. The Morgan fingerprint density at radius 3 is 2.75 bits per heavy atom. The van der Waals surface area contributed by atoms with E-state index in [1.54, 1.807) is 0 Å². The van der Waals surface area contributed by atoms with Crippen molar-refractivity contribution >= 4 is 5.91 Å². The Labute approximate surface area is 120 Å². The van der Waals surface area contributed by atoms with Gasteiger partial charge in [-0.05, 0) is 24.7 Å². The molecule has 2 unspecified atom stereocenters. The molecule has 5 heteroatoms. The van der Waals surface area contributed by atoms with Crippen LogP contribution >= 0.6 is 0 Å². The van der Waals surface area contributed by atoms with E-state index in [1.807, 2.05) is 20.8 Å². The number of nitrogens with zero attached hydrogens (tertiary/aromatic N) is 2. The van der Waals surface area contributed by atoms with Crippen molar-refractivity contribution in [3.05, 3.63) is 11.6 Å². The number of rotatable bonds is 3. The summed E-state index contributed by atoms with van der Waals surface area (Å²) in [7, 11) is 0. The van der Waals surface area contributed by atoms with E-state index in [-0.39, 0.29) is 17.1 Å². The number of aromatic amines is 1. The van der Waals surface area contributed by atoms with Crippen molar-refractivity contribution in [1.29, 1.82) is 0 Å². The number of aromatic nitrogens is 3. The highest BCUT2D eigenvalue weighted by Gasteiger charge is 2.23. The minimum atomic E-state index is -0.171. The summed E-state index contributed by atoms with van der Waals surface area (Å²) in [5.74, 6) is 2.20. The zero-order valence-corrected chi connectivity index (χ0v) is 13.0. The third-order valence-electron chi connectivity index (χ3n) is 4.00. The Hall–Kier alpha value is -1.39. The topological polar surface area (TPSA) is 70.7 Å². The Kier molecular flexibility index (Phi) is 4.45. The first kappa shape index (κ1) is 15.0. The molecule has 0 aliphatic heterocycles.